The molecule has 0 aromatic heterocycles. The molecule has 0 aliphatic heterocycles. The van der Waals surface area contributed by atoms with Crippen LogP contribution in [0.4, 0.5) is 0 Å². The molecule has 2 nitrogen and oxygen atoms in total. The predicted molar refractivity (Wildman–Crippen MR) is 98.1 cm³/mol. The van der Waals surface area contributed by atoms with Gasteiger partial charge in [-0.25, -0.2) is 0 Å². The molecule has 0 aliphatic carbocycles. The Kier molecular flexibility index (Phi) is 5.65. The highest BCUT2D eigenvalue weighted by atomic mass is 16.5. The van der Waals surface area contributed by atoms with Crippen molar-refractivity contribution >= 4 is 0 Å². The molecular formula is C22H22O2. The van der Waals surface area contributed by atoms with E-state index in [2.05, 4.69) is 48.5 Å². The molecule has 0 spiro atoms. The third-order valence-corrected chi connectivity index (χ3v) is 3.99. The van der Waals surface area contributed by atoms with Crippen LogP contribution in [-0.4, -0.2) is 11.7 Å². The van der Waals surface area contributed by atoms with Gasteiger partial charge in [-0.15, -0.1) is 0 Å². The quantitative estimate of drug-likeness (QED) is 0.674. The van der Waals surface area contributed by atoms with Crippen LogP contribution in [0.25, 0.3) is 11.1 Å². The van der Waals surface area contributed by atoms with Gasteiger partial charge in [-0.05, 0) is 47.2 Å². The van der Waals surface area contributed by atoms with Crippen molar-refractivity contribution in [2.45, 2.75) is 19.4 Å². The van der Waals surface area contributed by atoms with E-state index in [0.29, 0.717) is 6.61 Å². The summed E-state index contributed by atoms with van der Waals surface area (Å²) in [6, 6.07) is 26.9. The van der Waals surface area contributed by atoms with Crippen molar-refractivity contribution in [1.29, 1.82) is 0 Å². The van der Waals surface area contributed by atoms with Crippen LogP contribution in [-0.2, 0) is 13.0 Å². The monoisotopic (exact) mass is 318 g/mol. The van der Waals surface area contributed by atoms with Gasteiger partial charge in [-0.2, -0.15) is 0 Å². The van der Waals surface area contributed by atoms with Gasteiger partial charge in [-0.3, -0.25) is 0 Å². The molecule has 2 heteroatoms. The molecule has 0 radical (unpaired) electrons. The van der Waals surface area contributed by atoms with Crippen molar-refractivity contribution in [2.24, 2.45) is 0 Å². The predicted octanol–water partition coefficient (Wildman–Crippen LogP) is 4.86. The fourth-order valence-electron chi connectivity index (χ4n) is 2.65. The number of hydrogen-bond donors (Lipinski definition) is 1. The SMILES string of the molecule is OCCCc1ccc(-c2cccc(OCc3ccccc3)c2)cc1. The van der Waals surface area contributed by atoms with Crippen LogP contribution < -0.4 is 4.74 Å². The highest BCUT2D eigenvalue weighted by Crippen LogP contribution is 2.25. The topological polar surface area (TPSA) is 29.5 Å². The van der Waals surface area contributed by atoms with E-state index in [0.717, 1.165) is 29.7 Å². The Morgan fingerprint density at radius 1 is 0.708 bits per heavy atom. The Balaban J connectivity index is 1.68. The summed E-state index contributed by atoms with van der Waals surface area (Å²) in [5.41, 5.74) is 4.74. The summed E-state index contributed by atoms with van der Waals surface area (Å²) in [6.45, 7) is 0.812. The maximum atomic E-state index is 8.91. The number of hydrogen-bond acceptors (Lipinski definition) is 2. The third-order valence-electron chi connectivity index (χ3n) is 3.99. The molecule has 3 rings (SSSR count). The minimum absolute atomic E-state index is 0.239. The normalized spacial score (nSPS) is 10.5. The maximum absolute atomic E-state index is 8.91. The summed E-state index contributed by atoms with van der Waals surface area (Å²) in [5.74, 6) is 0.876. The van der Waals surface area contributed by atoms with Gasteiger partial charge in [-0.1, -0.05) is 66.7 Å². The van der Waals surface area contributed by atoms with Crippen LogP contribution >= 0.6 is 0 Å². The molecule has 0 fully saturated rings. The lowest BCUT2D eigenvalue weighted by atomic mass is 10.0. The molecule has 3 aromatic rings. The van der Waals surface area contributed by atoms with Crippen molar-refractivity contribution in [1.82, 2.24) is 0 Å². The summed E-state index contributed by atoms with van der Waals surface area (Å²) in [6.07, 6.45) is 1.72. The number of aliphatic hydroxyl groups is 1. The van der Waals surface area contributed by atoms with E-state index >= 15 is 0 Å². The smallest absolute Gasteiger partial charge is 0.120 e. The first-order valence-electron chi connectivity index (χ1n) is 8.32. The van der Waals surface area contributed by atoms with E-state index in [1.54, 1.807) is 0 Å². The lowest BCUT2D eigenvalue weighted by molar-refractivity contribution is 0.288. The summed E-state index contributed by atoms with van der Waals surface area (Å²) < 4.78 is 5.90. The average Bonchev–Trinajstić information content (AvgIpc) is 2.66. The minimum atomic E-state index is 0.239. The van der Waals surface area contributed by atoms with Crippen molar-refractivity contribution in [2.75, 3.05) is 6.61 Å². The number of aliphatic hydroxyl groups excluding tert-OH is 1. The van der Waals surface area contributed by atoms with E-state index in [9.17, 15) is 0 Å². The van der Waals surface area contributed by atoms with Gasteiger partial charge < -0.3 is 9.84 Å². The van der Waals surface area contributed by atoms with Crippen molar-refractivity contribution in [3.8, 4) is 16.9 Å². The molecule has 24 heavy (non-hydrogen) atoms. The Morgan fingerprint density at radius 2 is 1.50 bits per heavy atom. The van der Waals surface area contributed by atoms with Crippen LogP contribution in [0.5, 0.6) is 5.75 Å². The molecule has 0 aliphatic rings. The molecule has 0 unspecified atom stereocenters. The molecule has 3 aromatic carbocycles. The molecule has 0 bridgehead atoms. The van der Waals surface area contributed by atoms with Gasteiger partial charge in [0.15, 0.2) is 0 Å². The molecule has 0 saturated heterocycles. The van der Waals surface area contributed by atoms with Crippen LogP contribution in [0.1, 0.15) is 17.5 Å². The standard InChI is InChI=1S/C22H22O2/c23-15-5-8-18-11-13-20(14-12-18)21-9-4-10-22(16-21)24-17-19-6-2-1-3-7-19/h1-4,6-7,9-14,16,23H,5,8,15,17H2. The highest BCUT2D eigenvalue weighted by molar-refractivity contribution is 5.65. The Hall–Kier alpha value is -2.58. The van der Waals surface area contributed by atoms with Gasteiger partial charge in [0, 0.05) is 6.61 Å². The van der Waals surface area contributed by atoms with Crippen LogP contribution in [0.3, 0.4) is 0 Å². The summed E-state index contributed by atoms with van der Waals surface area (Å²) in [4.78, 5) is 0. The second-order valence-corrected chi connectivity index (χ2v) is 5.83. The number of benzene rings is 3. The van der Waals surface area contributed by atoms with Gasteiger partial charge >= 0.3 is 0 Å². The van der Waals surface area contributed by atoms with Gasteiger partial charge in [0.25, 0.3) is 0 Å². The molecular weight excluding hydrogens is 296 g/mol. The van der Waals surface area contributed by atoms with E-state index in [1.807, 2.05) is 30.3 Å². The van der Waals surface area contributed by atoms with Crippen LogP contribution in [0.2, 0.25) is 0 Å². The fourth-order valence-corrected chi connectivity index (χ4v) is 2.65. The maximum Gasteiger partial charge on any atom is 0.120 e. The summed E-state index contributed by atoms with van der Waals surface area (Å²) >= 11 is 0. The van der Waals surface area contributed by atoms with Crippen LogP contribution in [0.15, 0.2) is 78.9 Å². The minimum Gasteiger partial charge on any atom is -0.489 e. The Labute approximate surface area is 143 Å². The second-order valence-electron chi connectivity index (χ2n) is 5.83. The first kappa shape index (κ1) is 16.3. The lowest BCUT2D eigenvalue weighted by Crippen LogP contribution is -1.95. The number of ether oxygens (including phenoxy) is 1. The fraction of sp³-hybridized carbons (Fsp3) is 0.182. The van der Waals surface area contributed by atoms with E-state index in [-0.39, 0.29) is 6.61 Å². The van der Waals surface area contributed by atoms with Crippen molar-refractivity contribution < 1.29 is 9.84 Å². The molecule has 0 atom stereocenters. The molecule has 1 N–H and O–H groups in total. The van der Waals surface area contributed by atoms with Crippen molar-refractivity contribution in [3.05, 3.63) is 90.0 Å². The van der Waals surface area contributed by atoms with E-state index < -0.39 is 0 Å². The zero-order valence-corrected chi connectivity index (χ0v) is 13.7. The van der Waals surface area contributed by atoms with Gasteiger partial charge in [0.1, 0.15) is 12.4 Å². The largest absolute Gasteiger partial charge is 0.489 e. The molecule has 0 amide bonds. The zero-order valence-electron chi connectivity index (χ0n) is 13.7. The molecule has 122 valence electrons. The summed E-state index contributed by atoms with van der Waals surface area (Å²) in [7, 11) is 0. The Bertz CT molecular complexity index is 748. The number of aryl methyl sites for hydroxylation is 1. The second kappa shape index (κ2) is 8.32. The van der Waals surface area contributed by atoms with Gasteiger partial charge in [0.05, 0.1) is 0 Å². The zero-order chi connectivity index (χ0) is 16.6. The average molecular weight is 318 g/mol. The highest BCUT2D eigenvalue weighted by Gasteiger charge is 2.02. The van der Waals surface area contributed by atoms with Crippen LogP contribution in [0, 0.1) is 0 Å². The first-order chi connectivity index (χ1) is 11.8. The third kappa shape index (κ3) is 4.46. The lowest BCUT2D eigenvalue weighted by Gasteiger charge is -2.09. The van der Waals surface area contributed by atoms with Crippen molar-refractivity contribution in [3.63, 3.8) is 0 Å². The summed E-state index contributed by atoms with van der Waals surface area (Å²) in [5, 5.41) is 8.91. The number of rotatable bonds is 7. The Morgan fingerprint density at radius 3 is 2.25 bits per heavy atom. The molecule has 0 heterocycles. The first-order valence-corrected chi connectivity index (χ1v) is 8.32. The van der Waals surface area contributed by atoms with Gasteiger partial charge in [0.2, 0.25) is 0 Å². The molecule has 0 saturated carbocycles. The van der Waals surface area contributed by atoms with E-state index in [4.69, 9.17) is 9.84 Å². The van der Waals surface area contributed by atoms with E-state index in [1.165, 1.54) is 11.1 Å².